The van der Waals surface area contributed by atoms with Gasteiger partial charge in [-0.05, 0) is 48.7 Å². The van der Waals surface area contributed by atoms with Crippen molar-refractivity contribution in [3.63, 3.8) is 0 Å². The van der Waals surface area contributed by atoms with Crippen molar-refractivity contribution in [3.8, 4) is 11.6 Å². The van der Waals surface area contributed by atoms with Crippen molar-refractivity contribution in [2.45, 2.75) is 39.6 Å². The maximum atomic E-state index is 12.9. The van der Waals surface area contributed by atoms with E-state index in [1.165, 1.54) is 6.07 Å². The smallest absolute Gasteiger partial charge is 0.416 e. The van der Waals surface area contributed by atoms with Gasteiger partial charge in [-0.2, -0.15) is 13.2 Å². The largest absolute Gasteiger partial charge is 0.458 e. The molecule has 0 saturated heterocycles. The average Bonchev–Trinajstić information content (AvgIpc) is 2.78. The van der Waals surface area contributed by atoms with Gasteiger partial charge >= 0.3 is 12.1 Å². The number of carbonyl (C=O) groups excluding carboxylic acids is 1. The molecule has 0 spiro atoms. The lowest BCUT2D eigenvalue weighted by Crippen LogP contribution is -2.36. The van der Waals surface area contributed by atoms with E-state index in [0.29, 0.717) is 17.3 Å². The Kier molecular flexibility index (Phi) is 8.04. The number of hydrogen-bond acceptors (Lipinski definition) is 5. The van der Waals surface area contributed by atoms with Gasteiger partial charge in [-0.25, -0.2) is 9.78 Å². The number of carbonyl (C=O) groups is 1. The molecule has 1 aromatic heterocycles. The Morgan fingerprint density at radius 1 is 1.09 bits per heavy atom. The minimum atomic E-state index is -4.51. The van der Waals surface area contributed by atoms with Crippen LogP contribution in [0.3, 0.4) is 0 Å². The number of aromatic nitrogens is 1. The van der Waals surface area contributed by atoms with Crippen LogP contribution in [0.5, 0.6) is 11.6 Å². The van der Waals surface area contributed by atoms with Crippen LogP contribution >= 0.6 is 11.6 Å². The standard InChI is InChI=1S/C25H24ClF3N2O3/c1-15(2)23(31-20-11-10-17(13-19(20)26)25(27,28)29)24(32)33-14-21-16(3)9-12-22(30-21)34-18-7-5-4-6-8-18/h4-13,15,23,31H,14H2,1-3H3. The van der Waals surface area contributed by atoms with E-state index in [1.807, 2.05) is 31.2 Å². The molecule has 1 heterocycles. The molecule has 0 saturated carbocycles. The van der Waals surface area contributed by atoms with Gasteiger partial charge in [0.05, 0.1) is 22.0 Å². The van der Waals surface area contributed by atoms with E-state index < -0.39 is 23.8 Å². The first-order valence-electron chi connectivity index (χ1n) is 10.5. The van der Waals surface area contributed by atoms with Crippen molar-refractivity contribution in [1.29, 1.82) is 0 Å². The summed E-state index contributed by atoms with van der Waals surface area (Å²) in [4.78, 5) is 17.2. The topological polar surface area (TPSA) is 60.5 Å². The molecular formula is C25H24ClF3N2O3. The van der Waals surface area contributed by atoms with Crippen LogP contribution < -0.4 is 10.1 Å². The molecule has 0 fully saturated rings. The number of alkyl halides is 3. The molecule has 0 aliphatic rings. The van der Waals surface area contributed by atoms with Crippen molar-refractivity contribution >= 4 is 23.3 Å². The zero-order chi connectivity index (χ0) is 24.9. The molecule has 0 amide bonds. The molecule has 5 nitrogen and oxygen atoms in total. The molecule has 2 aromatic carbocycles. The SMILES string of the molecule is Cc1ccc(Oc2ccccc2)nc1COC(=O)C(Nc1ccc(C(F)(F)F)cc1Cl)C(C)C. The maximum Gasteiger partial charge on any atom is 0.416 e. The van der Waals surface area contributed by atoms with Gasteiger partial charge in [-0.1, -0.05) is 49.7 Å². The van der Waals surface area contributed by atoms with Gasteiger partial charge in [0.25, 0.3) is 0 Å². The third-order valence-corrected chi connectivity index (χ3v) is 5.33. The Morgan fingerprint density at radius 2 is 1.79 bits per heavy atom. The molecule has 3 rings (SSSR count). The van der Waals surface area contributed by atoms with Gasteiger partial charge in [-0.3, -0.25) is 0 Å². The molecule has 0 bridgehead atoms. The van der Waals surface area contributed by atoms with E-state index in [-0.39, 0.29) is 23.2 Å². The predicted molar refractivity (Wildman–Crippen MR) is 124 cm³/mol. The molecule has 1 N–H and O–H groups in total. The highest BCUT2D eigenvalue weighted by molar-refractivity contribution is 6.33. The van der Waals surface area contributed by atoms with Gasteiger partial charge < -0.3 is 14.8 Å². The van der Waals surface area contributed by atoms with Crippen LogP contribution in [0.25, 0.3) is 0 Å². The fourth-order valence-corrected chi connectivity index (χ4v) is 3.30. The second-order valence-electron chi connectivity index (χ2n) is 7.99. The molecule has 34 heavy (non-hydrogen) atoms. The van der Waals surface area contributed by atoms with Crippen LogP contribution in [0, 0.1) is 12.8 Å². The second kappa shape index (κ2) is 10.8. The summed E-state index contributed by atoms with van der Waals surface area (Å²) in [6.45, 7) is 5.31. The van der Waals surface area contributed by atoms with Crippen LogP contribution in [0.4, 0.5) is 18.9 Å². The highest BCUT2D eigenvalue weighted by Gasteiger charge is 2.31. The first-order valence-corrected chi connectivity index (χ1v) is 10.9. The summed E-state index contributed by atoms with van der Waals surface area (Å²) in [6.07, 6.45) is -4.51. The normalized spacial score (nSPS) is 12.4. The zero-order valence-corrected chi connectivity index (χ0v) is 19.6. The minimum absolute atomic E-state index is 0.0949. The monoisotopic (exact) mass is 492 g/mol. The van der Waals surface area contributed by atoms with Crippen molar-refractivity contribution in [2.75, 3.05) is 5.32 Å². The van der Waals surface area contributed by atoms with Gasteiger partial charge in [-0.15, -0.1) is 0 Å². The van der Waals surface area contributed by atoms with E-state index in [4.69, 9.17) is 21.1 Å². The number of pyridine rings is 1. The fourth-order valence-electron chi connectivity index (χ4n) is 3.07. The average molecular weight is 493 g/mol. The predicted octanol–water partition coefficient (Wildman–Crippen LogP) is 7.03. The van der Waals surface area contributed by atoms with Crippen LogP contribution in [-0.4, -0.2) is 17.0 Å². The van der Waals surface area contributed by atoms with E-state index >= 15 is 0 Å². The number of hydrogen-bond donors (Lipinski definition) is 1. The summed E-state index contributed by atoms with van der Waals surface area (Å²) in [5.41, 5.74) is 0.675. The number of rotatable bonds is 8. The number of para-hydroxylation sites is 1. The number of benzene rings is 2. The van der Waals surface area contributed by atoms with Gasteiger partial charge in [0.15, 0.2) is 0 Å². The van der Waals surface area contributed by atoms with Crippen LogP contribution in [0.2, 0.25) is 5.02 Å². The van der Waals surface area contributed by atoms with Crippen molar-refractivity contribution in [3.05, 3.63) is 82.5 Å². The molecule has 9 heteroatoms. The van der Waals surface area contributed by atoms with E-state index in [1.54, 1.807) is 32.0 Å². The van der Waals surface area contributed by atoms with Crippen molar-refractivity contribution in [1.82, 2.24) is 4.98 Å². The maximum absolute atomic E-state index is 12.9. The Labute approximate surface area is 200 Å². The fraction of sp³-hybridized carbons (Fsp3) is 0.280. The molecular weight excluding hydrogens is 469 g/mol. The lowest BCUT2D eigenvalue weighted by atomic mass is 10.0. The number of aryl methyl sites for hydroxylation is 1. The second-order valence-corrected chi connectivity index (χ2v) is 8.40. The summed E-state index contributed by atoms with van der Waals surface area (Å²) in [5, 5.41) is 2.76. The van der Waals surface area contributed by atoms with E-state index in [9.17, 15) is 18.0 Å². The van der Waals surface area contributed by atoms with Gasteiger partial charge in [0.2, 0.25) is 5.88 Å². The van der Waals surface area contributed by atoms with Crippen LogP contribution in [-0.2, 0) is 22.3 Å². The molecule has 180 valence electrons. The minimum Gasteiger partial charge on any atom is -0.458 e. The molecule has 0 aliphatic carbocycles. The number of esters is 1. The Balaban J connectivity index is 1.69. The molecule has 3 aromatic rings. The molecule has 0 radical (unpaired) electrons. The first-order chi connectivity index (χ1) is 16.0. The summed E-state index contributed by atoms with van der Waals surface area (Å²) >= 11 is 6.03. The quantitative estimate of drug-likeness (QED) is 0.342. The van der Waals surface area contributed by atoms with Crippen LogP contribution in [0.1, 0.15) is 30.7 Å². The highest BCUT2D eigenvalue weighted by atomic mass is 35.5. The Hall–Kier alpha value is -3.26. The lowest BCUT2D eigenvalue weighted by Gasteiger charge is -2.23. The number of halogens is 4. The molecule has 1 atom stereocenters. The van der Waals surface area contributed by atoms with E-state index in [0.717, 1.165) is 17.7 Å². The molecule has 1 unspecified atom stereocenters. The highest BCUT2D eigenvalue weighted by Crippen LogP contribution is 2.34. The number of nitrogens with zero attached hydrogens (tertiary/aromatic N) is 1. The summed E-state index contributed by atoms with van der Waals surface area (Å²) in [6, 6.07) is 14.8. The first kappa shape index (κ1) is 25.4. The lowest BCUT2D eigenvalue weighted by molar-refractivity contribution is -0.147. The van der Waals surface area contributed by atoms with Crippen LogP contribution in [0.15, 0.2) is 60.7 Å². The van der Waals surface area contributed by atoms with Crippen molar-refractivity contribution < 1.29 is 27.4 Å². The number of nitrogens with one attached hydrogen (secondary N) is 1. The summed E-state index contributed by atoms with van der Waals surface area (Å²) in [7, 11) is 0. The Bertz CT molecular complexity index is 1140. The number of anilines is 1. The third kappa shape index (κ3) is 6.63. The Morgan fingerprint density at radius 3 is 2.41 bits per heavy atom. The van der Waals surface area contributed by atoms with Gasteiger partial charge in [0.1, 0.15) is 18.4 Å². The van der Waals surface area contributed by atoms with Crippen molar-refractivity contribution in [2.24, 2.45) is 5.92 Å². The summed E-state index contributed by atoms with van der Waals surface area (Å²) < 4.78 is 49.9. The number of ether oxygens (including phenoxy) is 2. The summed E-state index contributed by atoms with van der Waals surface area (Å²) in [5.74, 6) is 0.173. The third-order valence-electron chi connectivity index (χ3n) is 5.02. The van der Waals surface area contributed by atoms with E-state index in [2.05, 4.69) is 10.3 Å². The molecule has 0 aliphatic heterocycles. The van der Waals surface area contributed by atoms with Gasteiger partial charge in [0, 0.05) is 6.07 Å². The zero-order valence-electron chi connectivity index (χ0n) is 18.8.